The van der Waals surface area contributed by atoms with E-state index in [2.05, 4.69) is 93.3 Å². The van der Waals surface area contributed by atoms with Crippen LogP contribution in [0.5, 0.6) is 0 Å². The van der Waals surface area contributed by atoms with Gasteiger partial charge in [-0.05, 0) is 28.9 Å². The largest absolute Gasteiger partial charge is 0.316 e. The molecule has 0 bridgehead atoms. The van der Waals surface area contributed by atoms with Crippen LogP contribution in [0.4, 0.5) is 0 Å². The second kappa shape index (κ2) is 11.4. The maximum Gasteiger partial charge on any atom is 0.0578 e. The molecule has 28 heavy (non-hydrogen) atoms. The zero-order chi connectivity index (χ0) is 20.4. The molecule has 154 valence electrons. The van der Waals surface area contributed by atoms with Gasteiger partial charge in [-0.2, -0.15) is 0 Å². The van der Waals surface area contributed by atoms with Crippen molar-refractivity contribution in [2.75, 3.05) is 0 Å². The van der Waals surface area contributed by atoms with Crippen LogP contribution in [0, 0.1) is 11.3 Å². The summed E-state index contributed by atoms with van der Waals surface area (Å²) in [5.74, 6) is 0.772. The summed E-state index contributed by atoms with van der Waals surface area (Å²) in [6, 6.07) is 21.4. The quantitative estimate of drug-likeness (QED) is 0.351. The average Bonchev–Trinajstić information content (AvgIpc) is 2.67. The number of rotatable bonds is 11. The molecule has 2 aromatic carbocycles. The lowest BCUT2D eigenvalue weighted by molar-refractivity contribution is 0.168. The Balaban J connectivity index is 1.85. The first-order valence-electron chi connectivity index (χ1n) is 10.9. The summed E-state index contributed by atoms with van der Waals surface area (Å²) in [6.45, 7) is 11.2. The van der Waals surface area contributed by atoms with Crippen molar-refractivity contribution in [3.8, 4) is 0 Å². The van der Waals surface area contributed by atoms with Crippen LogP contribution in [-0.4, -0.2) is 11.1 Å². The molecule has 0 amide bonds. The highest BCUT2D eigenvalue weighted by Crippen LogP contribution is 2.29. The third-order valence-corrected chi connectivity index (χ3v) is 6.04. The molecule has 2 unspecified atom stereocenters. The van der Waals surface area contributed by atoms with Gasteiger partial charge < -0.3 is 5.73 Å². The van der Waals surface area contributed by atoms with Crippen molar-refractivity contribution in [1.29, 1.82) is 0 Å². The summed E-state index contributed by atoms with van der Waals surface area (Å²) >= 11 is 0. The van der Waals surface area contributed by atoms with E-state index in [0.29, 0.717) is 5.41 Å². The molecule has 0 aromatic heterocycles. The van der Waals surface area contributed by atoms with Gasteiger partial charge >= 0.3 is 0 Å². The monoisotopic (exact) mass is 380 g/mol. The minimum atomic E-state index is 0.0976. The van der Waals surface area contributed by atoms with Crippen LogP contribution >= 0.6 is 0 Å². The molecule has 0 radical (unpaired) electrons. The van der Waals surface area contributed by atoms with Crippen LogP contribution in [0.1, 0.15) is 70.9 Å². The summed E-state index contributed by atoms with van der Waals surface area (Å²) in [4.78, 5) is 2.42. The molecular weight excluding hydrogens is 340 g/mol. The van der Waals surface area contributed by atoms with Gasteiger partial charge in [0, 0.05) is 13.1 Å². The van der Waals surface area contributed by atoms with Gasteiger partial charge in [-0.1, -0.05) is 114 Å². The molecule has 0 saturated carbocycles. The molecule has 2 aromatic rings. The fourth-order valence-electron chi connectivity index (χ4n) is 3.52. The summed E-state index contributed by atoms with van der Waals surface area (Å²) in [6.07, 6.45) is 6.26. The molecule has 2 rings (SSSR count). The molecule has 0 spiro atoms. The van der Waals surface area contributed by atoms with E-state index in [1.165, 1.54) is 36.8 Å². The SMILES string of the molecule is CC(CCCCCC(N)N(Cc1ccccc1)Cc1ccccc1)C(C)(C)C. The van der Waals surface area contributed by atoms with Gasteiger partial charge in [0.15, 0.2) is 0 Å². The molecule has 0 saturated heterocycles. The number of unbranched alkanes of at least 4 members (excludes halogenated alkanes) is 2. The molecule has 0 fully saturated rings. The normalized spacial score (nSPS) is 14.2. The Kier molecular flexibility index (Phi) is 9.21. The van der Waals surface area contributed by atoms with E-state index in [9.17, 15) is 0 Å². The smallest absolute Gasteiger partial charge is 0.0578 e. The topological polar surface area (TPSA) is 29.3 Å². The van der Waals surface area contributed by atoms with E-state index in [1.807, 2.05) is 0 Å². The Morgan fingerprint density at radius 1 is 0.750 bits per heavy atom. The highest BCUT2D eigenvalue weighted by Gasteiger charge is 2.19. The summed E-state index contributed by atoms with van der Waals surface area (Å²) in [5, 5.41) is 0. The molecule has 2 heteroatoms. The molecule has 0 aliphatic rings. The maximum atomic E-state index is 6.65. The van der Waals surface area contributed by atoms with E-state index >= 15 is 0 Å². The molecule has 2 atom stereocenters. The highest BCUT2D eigenvalue weighted by atomic mass is 15.2. The number of hydrogen-bond donors (Lipinski definition) is 1. The van der Waals surface area contributed by atoms with Crippen LogP contribution in [-0.2, 0) is 13.1 Å². The third-order valence-electron chi connectivity index (χ3n) is 6.04. The van der Waals surface area contributed by atoms with Crippen LogP contribution in [0.3, 0.4) is 0 Å². The van der Waals surface area contributed by atoms with Gasteiger partial charge in [0.25, 0.3) is 0 Å². The van der Waals surface area contributed by atoms with Gasteiger partial charge in [-0.25, -0.2) is 0 Å². The molecule has 2 nitrogen and oxygen atoms in total. The van der Waals surface area contributed by atoms with Crippen molar-refractivity contribution in [2.45, 2.75) is 79.1 Å². The predicted octanol–water partition coefficient (Wildman–Crippen LogP) is 6.61. The van der Waals surface area contributed by atoms with Gasteiger partial charge in [-0.15, -0.1) is 0 Å². The summed E-state index contributed by atoms with van der Waals surface area (Å²) in [5.41, 5.74) is 9.72. The Morgan fingerprint density at radius 3 is 1.68 bits per heavy atom. The van der Waals surface area contributed by atoms with Gasteiger partial charge in [0.2, 0.25) is 0 Å². The number of hydrogen-bond acceptors (Lipinski definition) is 2. The fourth-order valence-corrected chi connectivity index (χ4v) is 3.52. The van der Waals surface area contributed by atoms with Gasteiger partial charge in [0.1, 0.15) is 0 Å². The van der Waals surface area contributed by atoms with Crippen LogP contribution in [0.25, 0.3) is 0 Å². The zero-order valence-corrected chi connectivity index (χ0v) is 18.4. The Morgan fingerprint density at radius 2 is 1.21 bits per heavy atom. The number of nitrogens with zero attached hydrogens (tertiary/aromatic N) is 1. The highest BCUT2D eigenvalue weighted by molar-refractivity contribution is 5.17. The molecule has 0 heterocycles. The fraction of sp³-hybridized carbons (Fsp3) is 0.538. The average molecular weight is 381 g/mol. The first kappa shape index (κ1) is 22.6. The van der Waals surface area contributed by atoms with E-state index in [0.717, 1.165) is 25.4 Å². The molecule has 2 N–H and O–H groups in total. The van der Waals surface area contributed by atoms with E-state index in [4.69, 9.17) is 5.73 Å². The summed E-state index contributed by atoms with van der Waals surface area (Å²) in [7, 11) is 0. The van der Waals surface area contributed by atoms with Crippen molar-refractivity contribution in [2.24, 2.45) is 17.1 Å². The number of nitrogens with two attached hydrogens (primary N) is 1. The van der Waals surface area contributed by atoms with Gasteiger partial charge in [-0.3, -0.25) is 4.90 Å². The molecule has 0 aliphatic heterocycles. The predicted molar refractivity (Wildman–Crippen MR) is 122 cm³/mol. The summed E-state index contributed by atoms with van der Waals surface area (Å²) < 4.78 is 0. The van der Waals surface area contributed by atoms with Crippen LogP contribution in [0.2, 0.25) is 0 Å². The lowest BCUT2D eigenvalue weighted by Gasteiger charge is -2.29. The molecular formula is C26H40N2. The van der Waals surface area contributed by atoms with E-state index in [1.54, 1.807) is 0 Å². The Labute approximate surface area is 173 Å². The standard InChI is InChI=1S/C26H40N2/c1-22(26(2,3)4)14-8-5-13-19-25(27)28(20-23-15-9-6-10-16-23)21-24-17-11-7-12-18-24/h6-7,9-12,15-18,22,25H,5,8,13-14,19-21,27H2,1-4H3. The van der Waals surface area contributed by atoms with Gasteiger partial charge in [0.05, 0.1) is 6.17 Å². The molecule has 0 aliphatic carbocycles. The van der Waals surface area contributed by atoms with Crippen molar-refractivity contribution in [1.82, 2.24) is 4.90 Å². The first-order chi connectivity index (χ1) is 13.4. The Hall–Kier alpha value is -1.64. The third kappa shape index (κ3) is 8.16. The van der Waals surface area contributed by atoms with Crippen LogP contribution in [0.15, 0.2) is 60.7 Å². The van der Waals surface area contributed by atoms with E-state index in [-0.39, 0.29) is 6.17 Å². The lowest BCUT2D eigenvalue weighted by Crippen LogP contribution is -2.41. The minimum absolute atomic E-state index is 0.0976. The zero-order valence-electron chi connectivity index (χ0n) is 18.4. The lowest BCUT2D eigenvalue weighted by atomic mass is 9.79. The Bertz CT molecular complexity index is 604. The minimum Gasteiger partial charge on any atom is -0.316 e. The van der Waals surface area contributed by atoms with Crippen molar-refractivity contribution < 1.29 is 0 Å². The van der Waals surface area contributed by atoms with Crippen LogP contribution < -0.4 is 5.73 Å². The number of benzene rings is 2. The maximum absolute atomic E-state index is 6.65. The first-order valence-corrected chi connectivity index (χ1v) is 10.9. The second-order valence-corrected chi connectivity index (χ2v) is 9.35. The van der Waals surface area contributed by atoms with Crippen molar-refractivity contribution in [3.05, 3.63) is 71.8 Å². The second-order valence-electron chi connectivity index (χ2n) is 9.35. The van der Waals surface area contributed by atoms with Crippen molar-refractivity contribution in [3.63, 3.8) is 0 Å². The van der Waals surface area contributed by atoms with Crippen molar-refractivity contribution >= 4 is 0 Å². The van der Waals surface area contributed by atoms with E-state index < -0.39 is 0 Å².